The molecular formula is C60H111NO10. The van der Waals surface area contributed by atoms with Crippen LogP contribution in [0.5, 0.6) is 0 Å². The van der Waals surface area contributed by atoms with Crippen molar-refractivity contribution >= 4 is 5.91 Å². The van der Waals surface area contributed by atoms with Crippen molar-refractivity contribution in [2.75, 3.05) is 13.2 Å². The lowest BCUT2D eigenvalue weighted by Crippen LogP contribution is -2.60. The fourth-order valence-corrected chi connectivity index (χ4v) is 9.23. The van der Waals surface area contributed by atoms with E-state index in [9.17, 15) is 40.5 Å². The van der Waals surface area contributed by atoms with E-state index in [0.717, 1.165) is 64.2 Å². The molecule has 1 aliphatic rings. The van der Waals surface area contributed by atoms with Gasteiger partial charge in [0.05, 0.1) is 25.4 Å². The minimum atomic E-state index is -1.68. The molecule has 0 radical (unpaired) electrons. The van der Waals surface area contributed by atoms with Gasteiger partial charge in [-0.3, -0.25) is 4.79 Å². The van der Waals surface area contributed by atoms with Gasteiger partial charge in [-0.05, 0) is 89.9 Å². The smallest absolute Gasteiger partial charge is 0.249 e. The number of rotatable bonds is 50. The van der Waals surface area contributed by atoms with E-state index >= 15 is 0 Å². The van der Waals surface area contributed by atoms with E-state index in [4.69, 9.17) is 9.47 Å². The van der Waals surface area contributed by atoms with Crippen molar-refractivity contribution in [3.63, 3.8) is 0 Å². The Hall–Kier alpha value is -1.93. The number of unbranched alkanes of at least 4 members (excludes halogenated alkanes) is 30. The minimum absolute atomic E-state index is 0.239. The van der Waals surface area contributed by atoms with Crippen LogP contribution in [0.3, 0.4) is 0 Å². The summed E-state index contributed by atoms with van der Waals surface area (Å²) in [4.78, 5) is 13.2. The Balaban J connectivity index is 2.33. The molecule has 0 saturated carbocycles. The number of ether oxygens (including phenoxy) is 2. The number of aliphatic hydroxyl groups is 7. The summed E-state index contributed by atoms with van der Waals surface area (Å²) in [6.45, 7) is 3.44. The summed E-state index contributed by atoms with van der Waals surface area (Å²) in [5.74, 6) is -0.717. The molecule has 0 aromatic carbocycles. The minimum Gasteiger partial charge on any atom is -0.394 e. The second-order valence-corrected chi connectivity index (χ2v) is 20.7. The monoisotopic (exact) mass is 1010 g/mol. The Kier molecular flexibility index (Phi) is 46.3. The largest absolute Gasteiger partial charge is 0.394 e. The number of carbonyl (C=O) groups excluding carboxylic acids is 1. The zero-order chi connectivity index (χ0) is 51.8. The van der Waals surface area contributed by atoms with Crippen LogP contribution in [0.2, 0.25) is 0 Å². The number of hydrogen-bond acceptors (Lipinski definition) is 10. The van der Waals surface area contributed by atoms with Gasteiger partial charge in [0.25, 0.3) is 0 Å². The molecule has 9 unspecified atom stereocenters. The average molecular weight is 1010 g/mol. The quantitative estimate of drug-likeness (QED) is 0.0215. The van der Waals surface area contributed by atoms with Crippen molar-refractivity contribution in [3.8, 4) is 0 Å². The molecule has 0 aliphatic carbocycles. The molecular weight excluding hydrogens is 895 g/mol. The maximum Gasteiger partial charge on any atom is 0.249 e. The summed E-state index contributed by atoms with van der Waals surface area (Å²) in [6.07, 6.45) is 50.3. The van der Waals surface area contributed by atoms with E-state index in [1.54, 1.807) is 0 Å². The van der Waals surface area contributed by atoms with Gasteiger partial charge in [0.1, 0.15) is 36.6 Å². The zero-order valence-electron chi connectivity index (χ0n) is 45.5. The van der Waals surface area contributed by atoms with E-state index in [1.165, 1.54) is 148 Å². The number of amides is 1. The van der Waals surface area contributed by atoms with Crippen LogP contribution >= 0.6 is 0 Å². The SMILES string of the molecule is CCCCCCCC/C=C\CCCCCCCCC(O)C(=O)NC(COC1OC(CO)C(O)C(O)C1O)C(O)C(O)CCC/C=C/CC/C=C/CC/C=C/CCCCCCCCCCCCCCCCC. The Morgan fingerprint density at radius 1 is 0.479 bits per heavy atom. The van der Waals surface area contributed by atoms with Crippen LogP contribution in [0.4, 0.5) is 0 Å². The van der Waals surface area contributed by atoms with Crippen molar-refractivity contribution in [1.29, 1.82) is 0 Å². The molecule has 0 aromatic heterocycles. The van der Waals surface area contributed by atoms with Crippen molar-refractivity contribution in [1.82, 2.24) is 5.32 Å². The topological polar surface area (TPSA) is 189 Å². The van der Waals surface area contributed by atoms with Crippen molar-refractivity contribution in [3.05, 3.63) is 48.6 Å². The Bertz CT molecular complexity index is 1290. The van der Waals surface area contributed by atoms with Gasteiger partial charge in [-0.25, -0.2) is 0 Å². The molecule has 1 amide bonds. The van der Waals surface area contributed by atoms with Gasteiger partial charge >= 0.3 is 0 Å². The Morgan fingerprint density at radius 3 is 1.25 bits per heavy atom. The first kappa shape index (κ1) is 67.1. The van der Waals surface area contributed by atoms with Crippen molar-refractivity contribution in [2.45, 2.75) is 313 Å². The third-order valence-electron chi connectivity index (χ3n) is 14.1. The molecule has 1 heterocycles. The molecule has 1 rings (SSSR count). The molecule has 0 bridgehead atoms. The predicted octanol–water partition coefficient (Wildman–Crippen LogP) is 12.5. The molecule has 11 heteroatoms. The zero-order valence-corrected chi connectivity index (χ0v) is 45.5. The third kappa shape index (κ3) is 37.5. The molecule has 9 atom stereocenters. The number of carbonyl (C=O) groups is 1. The summed E-state index contributed by atoms with van der Waals surface area (Å²) in [7, 11) is 0. The lowest BCUT2D eigenvalue weighted by atomic mass is 9.98. The predicted molar refractivity (Wildman–Crippen MR) is 293 cm³/mol. The van der Waals surface area contributed by atoms with Crippen LogP contribution in [-0.2, 0) is 14.3 Å². The molecule has 0 spiro atoms. The number of nitrogens with one attached hydrogen (secondary N) is 1. The fourth-order valence-electron chi connectivity index (χ4n) is 9.23. The number of aliphatic hydroxyl groups excluding tert-OH is 7. The van der Waals surface area contributed by atoms with Crippen LogP contribution in [0.15, 0.2) is 48.6 Å². The second-order valence-electron chi connectivity index (χ2n) is 20.7. The molecule has 0 aromatic rings. The fraction of sp³-hybridized carbons (Fsp3) is 0.850. The maximum absolute atomic E-state index is 13.2. The van der Waals surface area contributed by atoms with E-state index in [2.05, 4.69) is 67.8 Å². The third-order valence-corrected chi connectivity index (χ3v) is 14.1. The van der Waals surface area contributed by atoms with Crippen molar-refractivity contribution < 1.29 is 50.0 Å². The summed E-state index contributed by atoms with van der Waals surface area (Å²) in [6, 6.07) is -1.20. The highest BCUT2D eigenvalue weighted by Gasteiger charge is 2.44. The van der Waals surface area contributed by atoms with Crippen LogP contribution in [0.1, 0.15) is 258 Å². The van der Waals surface area contributed by atoms with Gasteiger partial charge < -0.3 is 50.5 Å². The highest BCUT2D eigenvalue weighted by atomic mass is 16.7. The molecule has 1 fully saturated rings. The lowest BCUT2D eigenvalue weighted by molar-refractivity contribution is -0.303. The molecule has 8 N–H and O–H groups in total. The van der Waals surface area contributed by atoms with Gasteiger partial charge in [0, 0.05) is 0 Å². The van der Waals surface area contributed by atoms with Crippen LogP contribution in [-0.4, -0.2) is 110 Å². The van der Waals surface area contributed by atoms with Gasteiger partial charge in [-0.2, -0.15) is 0 Å². The average Bonchev–Trinajstić information content (AvgIpc) is 3.37. The first-order chi connectivity index (χ1) is 34.7. The lowest BCUT2D eigenvalue weighted by Gasteiger charge is -2.40. The number of allylic oxidation sites excluding steroid dienone is 8. The highest BCUT2D eigenvalue weighted by Crippen LogP contribution is 2.23. The van der Waals surface area contributed by atoms with Crippen LogP contribution in [0.25, 0.3) is 0 Å². The summed E-state index contributed by atoms with van der Waals surface area (Å²) >= 11 is 0. The first-order valence-electron chi connectivity index (χ1n) is 29.5. The van der Waals surface area contributed by atoms with Gasteiger partial charge in [0.15, 0.2) is 6.29 Å². The van der Waals surface area contributed by atoms with Gasteiger partial charge in [0.2, 0.25) is 5.91 Å². The van der Waals surface area contributed by atoms with Gasteiger partial charge in [-0.1, -0.05) is 217 Å². The summed E-state index contributed by atoms with van der Waals surface area (Å²) in [5.41, 5.74) is 0. The first-order valence-corrected chi connectivity index (χ1v) is 29.5. The Labute approximate surface area is 434 Å². The van der Waals surface area contributed by atoms with E-state index in [1.807, 2.05) is 0 Å². The second kappa shape index (κ2) is 49.0. The molecule has 416 valence electrons. The summed E-state index contributed by atoms with van der Waals surface area (Å²) in [5, 5.41) is 76.1. The van der Waals surface area contributed by atoms with Crippen LogP contribution < -0.4 is 5.32 Å². The molecule has 11 nitrogen and oxygen atoms in total. The molecule has 71 heavy (non-hydrogen) atoms. The van der Waals surface area contributed by atoms with Gasteiger partial charge in [-0.15, -0.1) is 0 Å². The molecule has 1 saturated heterocycles. The Morgan fingerprint density at radius 2 is 0.845 bits per heavy atom. The van der Waals surface area contributed by atoms with Crippen molar-refractivity contribution in [2.24, 2.45) is 0 Å². The van der Waals surface area contributed by atoms with E-state index < -0.39 is 74.2 Å². The van der Waals surface area contributed by atoms with E-state index in [0.29, 0.717) is 19.3 Å². The highest BCUT2D eigenvalue weighted by molar-refractivity contribution is 5.80. The number of hydrogen-bond donors (Lipinski definition) is 8. The summed E-state index contributed by atoms with van der Waals surface area (Å²) < 4.78 is 11.1. The normalized spacial score (nSPS) is 20.5. The van der Waals surface area contributed by atoms with Crippen LogP contribution in [0, 0.1) is 0 Å². The van der Waals surface area contributed by atoms with E-state index in [-0.39, 0.29) is 12.8 Å². The molecule has 1 aliphatic heterocycles. The maximum atomic E-state index is 13.2. The standard InChI is InChI=1S/C60H111NO10/c1-3-5-7-9-11-13-15-17-19-21-22-23-24-25-26-27-28-29-30-31-32-34-35-37-39-41-43-45-47-52(63)55(65)51(50-70-60-58(68)57(67)56(66)54(49-62)71-60)61-59(69)53(64)48-46-44-42-40-38-36-33-20-18-16-14-12-10-8-6-4-2/h18,20,28-29,32,34,39,41,51-58,60,62-68H,3-17,19,21-27,30-31,33,35-38,40,42-50H2,1-2H3,(H,61,69)/b20-18-,29-28+,34-32+,41-39+.